The monoisotopic (exact) mass is 317 g/mol. The van der Waals surface area contributed by atoms with Gasteiger partial charge in [0, 0.05) is 13.1 Å². The highest BCUT2D eigenvalue weighted by molar-refractivity contribution is 7.89. The third kappa shape index (κ3) is 3.06. The Morgan fingerprint density at radius 1 is 0.955 bits per heavy atom. The van der Waals surface area contributed by atoms with Crippen molar-refractivity contribution in [3.63, 3.8) is 0 Å². The van der Waals surface area contributed by atoms with E-state index in [0.717, 1.165) is 11.1 Å². The molecule has 0 bridgehead atoms. The van der Waals surface area contributed by atoms with E-state index in [1.165, 1.54) is 4.31 Å². The van der Waals surface area contributed by atoms with Crippen molar-refractivity contribution in [3.05, 3.63) is 54.6 Å². The molecule has 5 heteroatoms. The van der Waals surface area contributed by atoms with Gasteiger partial charge in [-0.1, -0.05) is 42.5 Å². The molecule has 1 aliphatic heterocycles. The van der Waals surface area contributed by atoms with Gasteiger partial charge in [0.2, 0.25) is 10.0 Å². The van der Waals surface area contributed by atoms with Crippen molar-refractivity contribution in [1.82, 2.24) is 4.31 Å². The molecule has 0 aromatic heterocycles. The van der Waals surface area contributed by atoms with Gasteiger partial charge in [-0.15, -0.1) is 0 Å². The van der Waals surface area contributed by atoms with E-state index < -0.39 is 16.1 Å². The summed E-state index contributed by atoms with van der Waals surface area (Å²) in [6.45, 7) is 0.655. The number of hydrogen-bond donors (Lipinski definition) is 1. The van der Waals surface area contributed by atoms with E-state index in [-0.39, 0.29) is 11.4 Å². The molecule has 1 N–H and O–H groups in total. The van der Waals surface area contributed by atoms with E-state index in [9.17, 15) is 13.5 Å². The number of sulfonamides is 1. The van der Waals surface area contributed by atoms with Crippen LogP contribution in [0.25, 0.3) is 11.1 Å². The predicted octanol–water partition coefficient (Wildman–Crippen LogP) is 2.50. The first-order valence-corrected chi connectivity index (χ1v) is 8.85. The minimum absolute atomic E-state index is 0.183. The van der Waals surface area contributed by atoms with Gasteiger partial charge in [-0.25, -0.2) is 8.42 Å². The highest BCUT2D eigenvalue weighted by Crippen LogP contribution is 2.24. The largest absolute Gasteiger partial charge is 0.392 e. The molecule has 2 aromatic carbocycles. The molecule has 1 atom stereocenters. The molecule has 0 spiro atoms. The van der Waals surface area contributed by atoms with E-state index >= 15 is 0 Å². The molecule has 0 aliphatic carbocycles. The van der Waals surface area contributed by atoms with Crippen LogP contribution in [0.3, 0.4) is 0 Å². The summed E-state index contributed by atoms with van der Waals surface area (Å²) in [5.74, 6) is 0. The molecule has 1 fully saturated rings. The van der Waals surface area contributed by atoms with Crippen molar-refractivity contribution in [2.45, 2.75) is 23.8 Å². The molecule has 0 radical (unpaired) electrons. The van der Waals surface area contributed by atoms with E-state index in [4.69, 9.17) is 0 Å². The van der Waals surface area contributed by atoms with Gasteiger partial charge in [-0.2, -0.15) is 4.31 Å². The Morgan fingerprint density at radius 2 is 1.59 bits per heavy atom. The summed E-state index contributed by atoms with van der Waals surface area (Å²) in [5, 5.41) is 9.68. The van der Waals surface area contributed by atoms with Gasteiger partial charge in [0.15, 0.2) is 0 Å². The minimum atomic E-state index is -3.52. The summed E-state index contributed by atoms with van der Waals surface area (Å²) in [5.41, 5.74) is 2.04. The minimum Gasteiger partial charge on any atom is -0.392 e. The first kappa shape index (κ1) is 15.2. The van der Waals surface area contributed by atoms with Gasteiger partial charge in [-0.05, 0) is 36.1 Å². The average molecular weight is 317 g/mol. The lowest BCUT2D eigenvalue weighted by molar-refractivity contribution is 0.108. The smallest absolute Gasteiger partial charge is 0.243 e. The zero-order valence-electron chi connectivity index (χ0n) is 12.2. The zero-order chi connectivity index (χ0) is 15.6. The van der Waals surface area contributed by atoms with Crippen LogP contribution in [0.2, 0.25) is 0 Å². The maximum atomic E-state index is 12.6. The van der Waals surface area contributed by atoms with Gasteiger partial charge < -0.3 is 5.11 Å². The number of β-amino-alcohol motifs (C(OH)–C–C–N with tert-alkyl or cyclic N) is 1. The average Bonchev–Trinajstić information content (AvgIpc) is 2.56. The van der Waals surface area contributed by atoms with Gasteiger partial charge in [0.25, 0.3) is 0 Å². The third-order valence-electron chi connectivity index (χ3n) is 3.96. The topological polar surface area (TPSA) is 57.6 Å². The second-order valence-electron chi connectivity index (χ2n) is 5.55. The van der Waals surface area contributed by atoms with Crippen LogP contribution in [0.4, 0.5) is 0 Å². The third-order valence-corrected chi connectivity index (χ3v) is 5.84. The van der Waals surface area contributed by atoms with E-state index in [0.29, 0.717) is 19.4 Å². The molecule has 2 aromatic rings. The Labute approximate surface area is 131 Å². The Balaban J connectivity index is 1.86. The summed E-state index contributed by atoms with van der Waals surface area (Å²) in [7, 11) is -3.52. The van der Waals surface area contributed by atoms with Crippen LogP contribution in [0.5, 0.6) is 0 Å². The number of piperidine rings is 1. The summed E-state index contributed by atoms with van der Waals surface area (Å²) >= 11 is 0. The second-order valence-corrected chi connectivity index (χ2v) is 7.49. The molecule has 22 heavy (non-hydrogen) atoms. The van der Waals surface area contributed by atoms with Crippen LogP contribution in [0, 0.1) is 0 Å². The van der Waals surface area contributed by atoms with Gasteiger partial charge in [0.05, 0.1) is 11.0 Å². The summed E-state index contributed by atoms with van der Waals surface area (Å²) in [6, 6.07) is 16.8. The Hall–Kier alpha value is -1.69. The lowest BCUT2D eigenvalue weighted by Gasteiger charge is -2.29. The number of hydrogen-bond acceptors (Lipinski definition) is 3. The van der Waals surface area contributed by atoms with Crippen molar-refractivity contribution in [2.24, 2.45) is 0 Å². The number of aliphatic hydroxyl groups excluding tert-OH is 1. The molecule has 1 heterocycles. The van der Waals surface area contributed by atoms with Crippen LogP contribution in [0.1, 0.15) is 12.8 Å². The number of nitrogens with zero attached hydrogens (tertiary/aromatic N) is 1. The molecule has 4 nitrogen and oxygen atoms in total. The van der Waals surface area contributed by atoms with Crippen molar-refractivity contribution >= 4 is 10.0 Å². The fourth-order valence-electron chi connectivity index (χ4n) is 2.74. The summed E-state index contributed by atoms with van der Waals surface area (Å²) in [4.78, 5) is 0.279. The molecule has 1 saturated heterocycles. The standard InChI is InChI=1S/C17H19NO3S/c19-16-7-4-12-18(13-16)22(20,21)17-10-8-15(9-11-17)14-5-2-1-3-6-14/h1-3,5-6,8-11,16,19H,4,7,12-13H2. The van der Waals surface area contributed by atoms with Crippen LogP contribution in [0.15, 0.2) is 59.5 Å². The predicted molar refractivity (Wildman–Crippen MR) is 85.9 cm³/mol. The second kappa shape index (κ2) is 6.20. The highest BCUT2D eigenvalue weighted by atomic mass is 32.2. The van der Waals surface area contributed by atoms with Crippen LogP contribution >= 0.6 is 0 Å². The Bertz CT molecular complexity index is 726. The van der Waals surface area contributed by atoms with E-state index in [2.05, 4.69) is 0 Å². The van der Waals surface area contributed by atoms with Crippen LogP contribution in [-0.2, 0) is 10.0 Å². The van der Waals surface area contributed by atoms with Crippen molar-refractivity contribution in [2.75, 3.05) is 13.1 Å². The van der Waals surface area contributed by atoms with Gasteiger partial charge in [0.1, 0.15) is 0 Å². The number of benzene rings is 2. The number of aliphatic hydroxyl groups is 1. The maximum absolute atomic E-state index is 12.6. The van der Waals surface area contributed by atoms with Gasteiger partial charge >= 0.3 is 0 Å². The molecule has 3 rings (SSSR count). The lowest BCUT2D eigenvalue weighted by atomic mass is 10.1. The maximum Gasteiger partial charge on any atom is 0.243 e. The Morgan fingerprint density at radius 3 is 2.23 bits per heavy atom. The summed E-state index contributed by atoms with van der Waals surface area (Å²) in [6.07, 6.45) is 0.800. The molecular formula is C17H19NO3S. The number of rotatable bonds is 3. The SMILES string of the molecule is O=S(=O)(c1ccc(-c2ccccc2)cc1)N1CCCC(O)C1. The van der Waals surface area contributed by atoms with Crippen molar-refractivity contribution < 1.29 is 13.5 Å². The summed E-state index contributed by atoms with van der Waals surface area (Å²) < 4.78 is 26.6. The van der Waals surface area contributed by atoms with Gasteiger partial charge in [-0.3, -0.25) is 0 Å². The first-order valence-electron chi connectivity index (χ1n) is 7.41. The molecule has 0 saturated carbocycles. The molecular weight excluding hydrogens is 298 g/mol. The molecule has 1 unspecified atom stereocenters. The van der Waals surface area contributed by atoms with Crippen molar-refractivity contribution in [3.8, 4) is 11.1 Å². The zero-order valence-corrected chi connectivity index (χ0v) is 13.0. The van der Waals surface area contributed by atoms with E-state index in [1.807, 2.05) is 42.5 Å². The fraction of sp³-hybridized carbons (Fsp3) is 0.294. The van der Waals surface area contributed by atoms with Crippen LogP contribution in [-0.4, -0.2) is 37.0 Å². The molecule has 1 aliphatic rings. The van der Waals surface area contributed by atoms with Crippen molar-refractivity contribution in [1.29, 1.82) is 0 Å². The quantitative estimate of drug-likeness (QED) is 0.946. The first-order chi connectivity index (χ1) is 10.6. The molecule has 116 valence electrons. The van der Waals surface area contributed by atoms with Crippen LogP contribution < -0.4 is 0 Å². The Kier molecular flexibility index (Phi) is 4.29. The highest BCUT2D eigenvalue weighted by Gasteiger charge is 2.29. The van der Waals surface area contributed by atoms with E-state index in [1.54, 1.807) is 12.1 Å². The fourth-order valence-corrected chi connectivity index (χ4v) is 4.25. The molecule has 0 amide bonds. The normalized spacial score (nSPS) is 20.0. The lowest BCUT2D eigenvalue weighted by Crippen LogP contribution is -2.42.